The highest BCUT2D eigenvalue weighted by Crippen LogP contribution is 2.33. The number of ether oxygens (including phenoxy) is 3. The van der Waals surface area contributed by atoms with Crippen molar-refractivity contribution in [2.45, 2.75) is 39.7 Å². The number of esters is 1. The molecule has 0 saturated carbocycles. The largest absolute Gasteiger partial charge is 0.461 e. The molecule has 10 nitrogen and oxygen atoms in total. The van der Waals surface area contributed by atoms with E-state index in [0.29, 0.717) is 62.1 Å². The molecule has 4 rings (SSSR count). The van der Waals surface area contributed by atoms with E-state index in [0.717, 1.165) is 25.2 Å². The van der Waals surface area contributed by atoms with Gasteiger partial charge in [0.1, 0.15) is 17.5 Å². The van der Waals surface area contributed by atoms with Crippen LogP contribution in [0, 0.1) is 18.3 Å². The number of nitriles is 1. The van der Waals surface area contributed by atoms with Crippen molar-refractivity contribution in [3.05, 3.63) is 16.8 Å². The van der Waals surface area contributed by atoms with Gasteiger partial charge in [-0.25, -0.2) is 9.78 Å². The molecule has 0 radical (unpaired) electrons. The highest BCUT2D eigenvalue weighted by atomic mass is 16.5. The molecule has 0 N–H and O–H groups in total. The van der Waals surface area contributed by atoms with E-state index in [2.05, 4.69) is 22.9 Å². The van der Waals surface area contributed by atoms with E-state index in [1.54, 1.807) is 11.4 Å². The molecule has 0 amide bonds. The van der Waals surface area contributed by atoms with E-state index in [1.165, 1.54) is 0 Å². The van der Waals surface area contributed by atoms with Gasteiger partial charge < -0.3 is 24.0 Å². The minimum absolute atomic E-state index is 0.227. The summed E-state index contributed by atoms with van der Waals surface area (Å²) in [5.41, 5.74) is 1.67. The summed E-state index contributed by atoms with van der Waals surface area (Å²) in [6, 6.07) is 2.52. The molecule has 0 atom stereocenters. The zero-order valence-electron chi connectivity index (χ0n) is 19.0. The van der Waals surface area contributed by atoms with Gasteiger partial charge in [0.2, 0.25) is 0 Å². The number of nitrogens with zero attached hydrogens (tertiary/aromatic N) is 6. The Morgan fingerprint density at radius 2 is 1.91 bits per heavy atom. The Labute approximate surface area is 187 Å². The second-order valence-corrected chi connectivity index (χ2v) is 7.90. The molecule has 0 aromatic carbocycles. The number of aromatic nitrogens is 3. The number of carbonyl (C=O) groups is 1. The lowest BCUT2D eigenvalue weighted by atomic mass is 10.1. The van der Waals surface area contributed by atoms with E-state index >= 15 is 0 Å². The zero-order chi connectivity index (χ0) is 22.7. The van der Waals surface area contributed by atoms with Crippen LogP contribution in [0.2, 0.25) is 0 Å². The summed E-state index contributed by atoms with van der Waals surface area (Å²) >= 11 is 0. The van der Waals surface area contributed by atoms with Crippen LogP contribution in [0.4, 0.5) is 11.6 Å². The van der Waals surface area contributed by atoms with Crippen molar-refractivity contribution >= 4 is 23.3 Å². The summed E-state index contributed by atoms with van der Waals surface area (Å²) in [5.74, 6) is 0.867. The lowest BCUT2D eigenvalue weighted by Gasteiger charge is -2.36. The maximum atomic E-state index is 12.8. The Morgan fingerprint density at radius 3 is 2.53 bits per heavy atom. The minimum atomic E-state index is -0.491. The fourth-order valence-electron chi connectivity index (χ4n) is 4.51. The van der Waals surface area contributed by atoms with Crippen LogP contribution in [0.3, 0.4) is 0 Å². The quantitative estimate of drug-likeness (QED) is 0.620. The van der Waals surface area contributed by atoms with Crippen molar-refractivity contribution in [2.75, 3.05) is 62.5 Å². The molecule has 2 aromatic rings. The summed E-state index contributed by atoms with van der Waals surface area (Å²) in [6.07, 6.45) is 1.77. The Kier molecular flexibility index (Phi) is 6.77. The summed E-state index contributed by atoms with van der Waals surface area (Å²) in [5, 5.41) is 14.9. The molecule has 4 heterocycles. The molecule has 172 valence electrons. The molecule has 2 saturated heterocycles. The maximum absolute atomic E-state index is 12.8. The van der Waals surface area contributed by atoms with Crippen LogP contribution < -0.4 is 9.80 Å². The summed E-state index contributed by atoms with van der Waals surface area (Å²) in [4.78, 5) is 21.7. The third kappa shape index (κ3) is 3.98. The zero-order valence-corrected chi connectivity index (χ0v) is 19.0. The van der Waals surface area contributed by atoms with Gasteiger partial charge in [0, 0.05) is 44.5 Å². The van der Waals surface area contributed by atoms with Crippen LogP contribution in [-0.2, 0) is 14.2 Å². The van der Waals surface area contributed by atoms with Crippen LogP contribution >= 0.6 is 0 Å². The first kappa shape index (κ1) is 22.3. The van der Waals surface area contributed by atoms with Crippen molar-refractivity contribution in [1.29, 1.82) is 5.26 Å². The third-order valence-corrected chi connectivity index (χ3v) is 6.09. The maximum Gasteiger partial charge on any atom is 0.357 e. The predicted octanol–water partition coefficient (Wildman–Crippen LogP) is 1.93. The number of hydrogen-bond donors (Lipinski definition) is 0. The molecule has 0 aliphatic carbocycles. The smallest absolute Gasteiger partial charge is 0.357 e. The molecule has 2 fully saturated rings. The molecule has 2 aliphatic rings. The number of rotatable bonds is 6. The van der Waals surface area contributed by atoms with Gasteiger partial charge in [-0.05, 0) is 33.6 Å². The first-order valence-corrected chi connectivity index (χ1v) is 11.3. The normalized spacial score (nSPS) is 17.4. The lowest BCUT2D eigenvalue weighted by Crippen LogP contribution is -2.41. The summed E-state index contributed by atoms with van der Waals surface area (Å²) in [6.45, 7) is 10.5. The SMILES string of the molecule is CCOC(=O)c1nc2c(C#N)c(N3CCOCC3)nn2c(N(CC)C2CCOCC2)c1C. The van der Waals surface area contributed by atoms with Crippen LogP contribution in [0.1, 0.15) is 48.3 Å². The molecular weight excluding hydrogens is 412 g/mol. The van der Waals surface area contributed by atoms with E-state index in [9.17, 15) is 10.1 Å². The van der Waals surface area contributed by atoms with Gasteiger partial charge in [0.25, 0.3) is 0 Å². The average molecular weight is 443 g/mol. The predicted molar refractivity (Wildman–Crippen MR) is 118 cm³/mol. The Bertz CT molecular complexity index is 1020. The first-order chi connectivity index (χ1) is 15.6. The van der Waals surface area contributed by atoms with Crippen LogP contribution in [-0.4, -0.2) is 79.3 Å². The second-order valence-electron chi connectivity index (χ2n) is 7.90. The lowest BCUT2D eigenvalue weighted by molar-refractivity contribution is 0.0518. The van der Waals surface area contributed by atoms with Crippen molar-refractivity contribution in [3.63, 3.8) is 0 Å². The standard InChI is InChI=1S/C22H30N6O4/c1-4-27(16-6-10-30-11-7-16)21-15(3)18(22(29)32-5-2)24-19-17(14-23)20(25-28(19)21)26-8-12-31-13-9-26/h16H,4-13H2,1-3H3. The molecule has 32 heavy (non-hydrogen) atoms. The van der Waals surface area contributed by atoms with Crippen LogP contribution in [0.5, 0.6) is 0 Å². The van der Waals surface area contributed by atoms with Gasteiger partial charge in [-0.3, -0.25) is 0 Å². The molecular formula is C22H30N6O4. The van der Waals surface area contributed by atoms with Gasteiger partial charge in [0.05, 0.1) is 19.8 Å². The number of carbonyl (C=O) groups excluding carboxylic acids is 1. The number of morpholine rings is 1. The molecule has 10 heteroatoms. The van der Waals surface area contributed by atoms with E-state index < -0.39 is 5.97 Å². The van der Waals surface area contributed by atoms with Gasteiger partial charge in [0.15, 0.2) is 17.2 Å². The van der Waals surface area contributed by atoms with E-state index in [1.807, 2.05) is 11.8 Å². The van der Waals surface area contributed by atoms with Crippen LogP contribution in [0.25, 0.3) is 5.65 Å². The van der Waals surface area contributed by atoms with Gasteiger partial charge >= 0.3 is 5.97 Å². The molecule has 0 unspecified atom stereocenters. The Balaban J connectivity index is 1.94. The highest BCUT2D eigenvalue weighted by Gasteiger charge is 2.31. The third-order valence-electron chi connectivity index (χ3n) is 6.09. The average Bonchev–Trinajstić information content (AvgIpc) is 3.20. The van der Waals surface area contributed by atoms with Gasteiger partial charge in [-0.1, -0.05) is 0 Å². The fraction of sp³-hybridized carbons (Fsp3) is 0.636. The molecule has 0 spiro atoms. The van der Waals surface area contributed by atoms with Crippen molar-refractivity contribution in [2.24, 2.45) is 0 Å². The summed E-state index contributed by atoms with van der Waals surface area (Å²) < 4.78 is 18.1. The monoisotopic (exact) mass is 442 g/mol. The highest BCUT2D eigenvalue weighted by molar-refractivity contribution is 5.92. The van der Waals surface area contributed by atoms with Crippen molar-refractivity contribution < 1.29 is 19.0 Å². The Morgan fingerprint density at radius 1 is 1.22 bits per heavy atom. The molecule has 0 bridgehead atoms. The molecule has 2 aromatic heterocycles. The van der Waals surface area contributed by atoms with E-state index in [-0.39, 0.29) is 18.3 Å². The first-order valence-electron chi connectivity index (χ1n) is 11.3. The van der Waals surface area contributed by atoms with Gasteiger partial charge in [-0.2, -0.15) is 9.78 Å². The molecule has 2 aliphatic heterocycles. The van der Waals surface area contributed by atoms with Gasteiger partial charge in [-0.15, -0.1) is 5.10 Å². The van der Waals surface area contributed by atoms with Crippen LogP contribution in [0.15, 0.2) is 0 Å². The fourth-order valence-corrected chi connectivity index (χ4v) is 4.51. The minimum Gasteiger partial charge on any atom is -0.461 e. The van der Waals surface area contributed by atoms with Crippen molar-refractivity contribution in [3.8, 4) is 6.07 Å². The van der Waals surface area contributed by atoms with E-state index in [4.69, 9.17) is 19.3 Å². The Hall–Kier alpha value is -2.90. The number of anilines is 2. The second kappa shape index (κ2) is 9.71. The van der Waals surface area contributed by atoms with Crippen molar-refractivity contribution in [1.82, 2.24) is 14.6 Å². The number of fused-ring (bicyclic) bond motifs is 1. The topological polar surface area (TPSA) is 105 Å². The summed E-state index contributed by atoms with van der Waals surface area (Å²) in [7, 11) is 0. The number of hydrogen-bond acceptors (Lipinski definition) is 9.